The first-order valence-corrected chi connectivity index (χ1v) is 5.89. The van der Waals surface area contributed by atoms with Gasteiger partial charge in [-0.2, -0.15) is 0 Å². The molecule has 0 bridgehead atoms. The van der Waals surface area contributed by atoms with E-state index in [9.17, 15) is 0 Å². The molecule has 0 atom stereocenters. The van der Waals surface area contributed by atoms with Gasteiger partial charge in [-0.1, -0.05) is 29.5 Å². The molecule has 0 unspecified atom stereocenters. The van der Waals surface area contributed by atoms with E-state index in [1.807, 2.05) is 24.1 Å². The van der Waals surface area contributed by atoms with Crippen LogP contribution < -0.4 is 4.90 Å². The van der Waals surface area contributed by atoms with Gasteiger partial charge in [-0.15, -0.1) is 0 Å². The summed E-state index contributed by atoms with van der Waals surface area (Å²) in [5, 5.41) is 9.91. The van der Waals surface area contributed by atoms with E-state index in [0.29, 0.717) is 0 Å². The Bertz CT molecular complexity index is 481. The van der Waals surface area contributed by atoms with E-state index in [0.717, 1.165) is 15.7 Å². The Morgan fingerprint density at radius 1 is 1.38 bits per heavy atom. The first-order chi connectivity index (χ1) is 7.72. The van der Waals surface area contributed by atoms with Gasteiger partial charge in [-0.25, -0.2) is 4.98 Å². The van der Waals surface area contributed by atoms with Gasteiger partial charge in [0.1, 0.15) is 0 Å². The Kier molecular flexibility index (Phi) is 3.22. The molecule has 1 heterocycles. The zero-order valence-corrected chi connectivity index (χ0v) is 10.2. The number of aromatic nitrogens is 1. The summed E-state index contributed by atoms with van der Waals surface area (Å²) in [5.74, 6) is 0. The largest absolute Gasteiger partial charge is 0.391 e. The first kappa shape index (κ1) is 11.1. The smallest absolute Gasteiger partial charge is 0.189 e. The van der Waals surface area contributed by atoms with Crippen LogP contribution in [0.1, 0.15) is 10.4 Å². The normalized spacial score (nSPS) is 10.4. The van der Waals surface area contributed by atoms with Gasteiger partial charge >= 0.3 is 0 Å². The maximum absolute atomic E-state index is 9.01. The van der Waals surface area contributed by atoms with Crippen LogP contribution in [0.25, 0.3) is 0 Å². The van der Waals surface area contributed by atoms with Gasteiger partial charge in [-0.05, 0) is 18.6 Å². The molecule has 84 valence electrons. The lowest BCUT2D eigenvalue weighted by Gasteiger charge is -2.17. The van der Waals surface area contributed by atoms with Gasteiger partial charge in [0.05, 0.1) is 11.5 Å². The summed E-state index contributed by atoms with van der Waals surface area (Å²) in [6, 6.07) is 8.18. The SMILES string of the molecule is Cc1ccccc1N(C)c1ncc(CO)s1. The fourth-order valence-corrected chi connectivity index (χ4v) is 2.31. The molecule has 0 saturated carbocycles. The fraction of sp³-hybridized carbons (Fsp3) is 0.250. The van der Waals surface area contributed by atoms with E-state index in [2.05, 4.69) is 24.0 Å². The fourth-order valence-electron chi connectivity index (χ4n) is 1.57. The van der Waals surface area contributed by atoms with Crippen molar-refractivity contribution in [2.45, 2.75) is 13.5 Å². The highest BCUT2D eigenvalue weighted by Crippen LogP contribution is 2.29. The van der Waals surface area contributed by atoms with Gasteiger partial charge in [0.25, 0.3) is 0 Å². The van der Waals surface area contributed by atoms with Crippen molar-refractivity contribution >= 4 is 22.2 Å². The molecule has 0 fully saturated rings. The van der Waals surface area contributed by atoms with Crippen LogP contribution in [0.3, 0.4) is 0 Å². The molecule has 2 rings (SSSR count). The van der Waals surface area contributed by atoms with Crippen LogP contribution in [0.2, 0.25) is 0 Å². The second-order valence-corrected chi connectivity index (χ2v) is 4.71. The molecular weight excluding hydrogens is 220 g/mol. The summed E-state index contributed by atoms with van der Waals surface area (Å²) < 4.78 is 0. The number of para-hydroxylation sites is 1. The molecule has 0 aliphatic carbocycles. The van der Waals surface area contributed by atoms with Gasteiger partial charge in [0.15, 0.2) is 5.13 Å². The highest BCUT2D eigenvalue weighted by molar-refractivity contribution is 7.15. The number of nitrogens with zero attached hydrogens (tertiary/aromatic N) is 2. The van der Waals surface area contributed by atoms with E-state index in [4.69, 9.17) is 5.11 Å². The summed E-state index contributed by atoms with van der Waals surface area (Å²) in [5.41, 5.74) is 2.35. The second-order valence-electron chi connectivity index (χ2n) is 3.61. The maximum Gasteiger partial charge on any atom is 0.189 e. The minimum absolute atomic E-state index is 0.0548. The molecule has 0 aliphatic heterocycles. The summed E-state index contributed by atoms with van der Waals surface area (Å²) >= 11 is 1.51. The van der Waals surface area contributed by atoms with Crippen LogP contribution in [-0.2, 0) is 6.61 Å². The van der Waals surface area contributed by atoms with E-state index in [1.54, 1.807) is 6.20 Å². The lowest BCUT2D eigenvalue weighted by atomic mass is 10.2. The van der Waals surface area contributed by atoms with Crippen LogP contribution in [0.4, 0.5) is 10.8 Å². The van der Waals surface area contributed by atoms with E-state index < -0.39 is 0 Å². The zero-order chi connectivity index (χ0) is 11.5. The minimum Gasteiger partial charge on any atom is -0.391 e. The average molecular weight is 234 g/mol. The summed E-state index contributed by atoms with van der Waals surface area (Å²) in [6.45, 7) is 2.13. The van der Waals surface area contributed by atoms with Gasteiger partial charge in [0, 0.05) is 18.9 Å². The molecule has 3 nitrogen and oxygen atoms in total. The number of rotatable bonds is 3. The summed E-state index contributed by atoms with van der Waals surface area (Å²) in [6.07, 6.45) is 1.72. The number of thiazole rings is 1. The van der Waals surface area contributed by atoms with Crippen molar-refractivity contribution in [2.24, 2.45) is 0 Å². The molecule has 0 aliphatic rings. The second kappa shape index (κ2) is 4.63. The molecule has 0 radical (unpaired) electrons. The Morgan fingerprint density at radius 2 is 2.12 bits per heavy atom. The van der Waals surface area contributed by atoms with Crippen molar-refractivity contribution < 1.29 is 5.11 Å². The highest BCUT2D eigenvalue weighted by Gasteiger charge is 2.10. The number of hydrogen-bond donors (Lipinski definition) is 1. The number of aliphatic hydroxyl groups excluding tert-OH is 1. The Labute approximate surface area is 99.0 Å². The van der Waals surface area contributed by atoms with Crippen molar-refractivity contribution in [3.8, 4) is 0 Å². The maximum atomic E-state index is 9.01. The Balaban J connectivity index is 2.31. The van der Waals surface area contributed by atoms with Crippen molar-refractivity contribution in [3.05, 3.63) is 40.9 Å². The average Bonchev–Trinajstić information content (AvgIpc) is 2.77. The first-order valence-electron chi connectivity index (χ1n) is 5.07. The molecule has 0 spiro atoms. The Morgan fingerprint density at radius 3 is 2.75 bits per heavy atom. The molecule has 2 aromatic rings. The lowest BCUT2D eigenvalue weighted by Crippen LogP contribution is -2.10. The lowest BCUT2D eigenvalue weighted by molar-refractivity contribution is 0.285. The molecular formula is C12H14N2OS. The predicted molar refractivity (Wildman–Crippen MR) is 67.3 cm³/mol. The molecule has 1 N–H and O–H groups in total. The zero-order valence-electron chi connectivity index (χ0n) is 9.34. The van der Waals surface area contributed by atoms with Crippen LogP contribution in [0, 0.1) is 6.92 Å². The molecule has 0 amide bonds. The number of anilines is 2. The summed E-state index contributed by atoms with van der Waals surface area (Å²) in [4.78, 5) is 7.21. The molecule has 16 heavy (non-hydrogen) atoms. The van der Waals surface area contributed by atoms with E-state index >= 15 is 0 Å². The van der Waals surface area contributed by atoms with Crippen LogP contribution >= 0.6 is 11.3 Å². The summed E-state index contributed by atoms with van der Waals surface area (Å²) in [7, 11) is 1.99. The van der Waals surface area contributed by atoms with Crippen molar-refractivity contribution in [3.63, 3.8) is 0 Å². The minimum atomic E-state index is 0.0548. The third kappa shape index (κ3) is 2.08. The van der Waals surface area contributed by atoms with Crippen LogP contribution in [0.15, 0.2) is 30.5 Å². The topological polar surface area (TPSA) is 36.4 Å². The quantitative estimate of drug-likeness (QED) is 0.887. The molecule has 0 saturated heterocycles. The van der Waals surface area contributed by atoms with Crippen LogP contribution in [-0.4, -0.2) is 17.1 Å². The third-order valence-electron chi connectivity index (χ3n) is 2.46. The molecule has 1 aromatic heterocycles. The highest BCUT2D eigenvalue weighted by atomic mass is 32.1. The number of aliphatic hydroxyl groups is 1. The van der Waals surface area contributed by atoms with Crippen molar-refractivity contribution in [2.75, 3.05) is 11.9 Å². The number of aryl methyl sites for hydroxylation is 1. The van der Waals surface area contributed by atoms with Crippen molar-refractivity contribution in [1.29, 1.82) is 0 Å². The standard InChI is InChI=1S/C12H14N2OS/c1-9-5-3-4-6-11(9)14(2)12-13-7-10(8-15)16-12/h3-7,15H,8H2,1-2H3. The van der Waals surface area contributed by atoms with E-state index in [-0.39, 0.29) is 6.61 Å². The van der Waals surface area contributed by atoms with E-state index in [1.165, 1.54) is 16.9 Å². The molecule has 4 heteroatoms. The van der Waals surface area contributed by atoms with Gasteiger partial charge in [-0.3, -0.25) is 0 Å². The molecule has 1 aromatic carbocycles. The third-order valence-corrected chi connectivity index (χ3v) is 3.52. The van der Waals surface area contributed by atoms with Gasteiger partial charge < -0.3 is 10.0 Å². The van der Waals surface area contributed by atoms with Gasteiger partial charge in [0.2, 0.25) is 0 Å². The predicted octanol–water partition coefficient (Wildman–Crippen LogP) is 2.71. The monoisotopic (exact) mass is 234 g/mol. The Hall–Kier alpha value is -1.39. The number of hydrogen-bond acceptors (Lipinski definition) is 4. The van der Waals surface area contributed by atoms with Crippen LogP contribution in [0.5, 0.6) is 0 Å². The van der Waals surface area contributed by atoms with Crippen molar-refractivity contribution in [1.82, 2.24) is 4.98 Å². The number of benzene rings is 1.